The van der Waals surface area contributed by atoms with Crippen LogP contribution < -0.4 is 5.32 Å². The van der Waals surface area contributed by atoms with Crippen LogP contribution >= 0.6 is 0 Å². The summed E-state index contributed by atoms with van der Waals surface area (Å²) in [7, 11) is 1.68. The summed E-state index contributed by atoms with van der Waals surface area (Å²) in [6.45, 7) is 5.25. The standard InChI is InChI=1S/C14H24N2O5/c1-14(2)10(7-11(14)20-3)15-13(19)16-4-5-21-8-9(16)6-12(17)18/h9-11H,4-8H2,1-3H3,(H,15,19)(H,17,18). The normalized spacial score (nSPS) is 31.4. The summed E-state index contributed by atoms with van der Waals surface area (Å²) >= 11 is 0. The number of methoxy groups -OCH3 is 1. The summed E-state index contributed by atoms with van der Waals surface area (Å²) in [6.07, 6.45) is 0.827. The summed E-state index contributed by atoms with van der Waals surface area (Å²) in [4.78, 5) is 24.9. The summed E-state index contributed by atoms with van der Waals surface area (Å²) in [5, 5.41) is 11.9. The number of aliphatic carboxylic acids is 1. The monoisotopic (exact) mass is 300 g/mol. The first-order chi connectivity index (χ1) is 9.86. The zero-order chi connectivity index (χ0) is 15.6. The Morgan fingerprint density at radius 1 is 1.48 bits per heavy atom. The third-order valence-electron chi connectivity index (χ3n) is 4.66. The second-order valence-electron chi connectivity index (χ2n) is 6.30. The molecule has 1 aliphatic heterocycles. The van der Waals surface area contributed by atoms with Crippen LogP contribution in [-0.4, -0.2) is 67.1 Å². The highest BCUT2D eigenvalue weighted by Gasteiger charge is 2.49. The molecule has 0 bridgehead atoms. The molecule has 21 heavy (non-hydrogen) atoms. The van der Waals surface area contributed by atoms with Crippen molar-refractivity contribution in [3.8, 4) is 0 Å². The van der Waals surface area contributed by atoms with Gasteiger partial charge in [-0.3, -0.25) is 4.79 Å². The van der Waals surface area contributed by atoms with E-state index >= 15 is 0 Å². The molecule has 0 radical (unpaired) electrons. The molecule has 1 saturated carbocycles. The third-order valence-corrected chi connectivity index (χ3v) is 4.66. The van der Waals surface area contributed by atoms with Gasteiger partial charge in [-0.25, -0.2) is 4.79 Å². The van der Waals surface area contributed by atoms with Crippen LogP contribution in [0.2, 0.25) is 0 Å². The fourth-order valence-electron chi connectivity index (χ4n) is 3.06. The van der Waals surface area contributed by atoms with Gasteiger partial charge in [0, 0.05) is 25.1 Å². The molecule has 2 aliphatic rings. The van der Waals surface area contributed by atoms with Crippen molar-refractivity contribution < 1.29 is 24.2 Å². The second kappa shape index (κ2) is 6.19. The highest BCUT2D eigenvalue weighted by molar-refractivity contribution is 5.76. The number of rotatable bonds is 4. The second-order valence-corrected chi connectivity index (χ2v) is 6.30. The van der Waals surface area contributed by atoms with Gasteiger partial charge in [0.2, 0.25) is 0 Å². The molecule has 0 aromatic heterocycles. The van der Waals surface area contributed by atoms with E-state index in [-0.39, 0.29) is 36.6 Å². The van der Waals surface area contributed by atoms with E-state index in [2.05, 4.69) is 19.2 Å². The van der Waals surface area contributed by atoms with Crippen molar-refractivity contribution in [3.05, 3.63) is 0 Å². The SMILES string of the molecule is COC1CC(NC(=O)N2CCOCC2CC(=O)O)C1(C)C. The van der Waals surface area contributed by atoms with Gasteiger partial charge in [-0.1, -0.05) is 13.8 Å². The molecule has 7 nitrogen and oxygen atoms in total. The number of hydrogen-bond donors (Lipinski definition) is 2. The molecular weight excluding hydrogens is 276 g/mol. The molecule has 2 N–H and O–H groups in total. The van der Waals surface area contributed by atoms with Crippen LogP contribution in [0.3, 0.4) is 0 Å². The molecule has 0 spiro atoms. The number of carboxylic acid groups (broad SMARTS) is 1. The Labute approximate surface area is 124 Å². The largest absolute Gasteiger partial charge is 0.481 e. The highest BCUT2D eigenvalue weighted by Crippen LogP contribution is 2.42. The van der Waals surface area contributed by atoms with Crippen LogP contribution in [0.1, 0.15) is 26.7 Å². The van der Waals surface area contributed by atoms with Gasteiger partial charge in [0.15, 0.2) is 0 Å². The number of carbonyl (C=O) groups is 2. The first-order valence-electron chi connectivity index (χ1n) is 7.25. The van der Waals surface area contributed by atoms with E-state index in [1.165, 1.54) is 0 Å². The van der Waals surface area contributed by atoms with Gasteiger partial charge in [-0.05, 0) is 6.42 Å². The van der Waals surface area contributed by atoms with Crippen LogP contribution in [0, 0.1) is 5.41 Å². The van der Waals surface area contributed by atoms with Gasteiger partial charge in [0.05, 0.1) is 31.8 Å². The average molecular weight is 300 g/mol. The van der Waals surface area contributed by atoms with E-state index in [0.29, 0.717) is 13.2 Å². The van der Waals surface area contributed by atoms with Crippen LogP contribution in [0.5, 0.6) is 0 Å². The lowest BCUT2D eigenvalue weighted by Gasteiger charge is -2.51. The summed E-state index contributed by atoms with van der Waals surface area (Å²) in [5.41, 5.74) is -0.112. The molecule has 1 aliphatic carbocycles. The van der Waals surface area contributed by atoms with Crippen molar-refractivity contribution in [1.82, 2.24) is 10.2 Å². The zero-order valence-electron chi connectivity index (χ0n) is 12.8. The Kier molecular flexibility index (Phi) is 4.73. The number of carbonyl (C=O) groups excluding carboxylic acids is 1. The van der Waals surface area contributed by atoms with Gasteiger partial charge in [-0.15, -0.1) is 0 Å². The molecule has 120 valence electrons. The van der Waals surface area contributed by atoms with Gasteiger partial charge in [-0.2, -0.15) is 0 Å². The van der Waals surface area contributed by atoms with Crippen LogP contribution in [0.15, 0.2) is 0 Å². The fourth-order valence-corrected chi connectivity index (χ4v) is 3.06. The minimum absolute atomic E-state index is 0.0447. The number of amides is 2. The number of carboxylic acids is 1. The first kappa shape index (κ1) is 16.0. The minimum atomic E-state index is -0.924. The van der Waals surface area contributed by atoms with E-state index in [4.69, 9.17) is 14.6 Å². The maximum atomic E-state index is 12.4. The minimum Gasteiger partial charge on any atom is -0.481 e. The fraction of sp³-hybridized carbons (Fsp3) is 0.857. The molecule has 1 saturated heterocycles. The van der Waals surface area contributed by atoms with Gasteiger partial charge in [0.1, 0.15) is 0 Å². The highest BCUT2D eigenvalue weighted by atomic mass is 16.5. The molecule has 2 amide bonds. The Hall–Kier alpha value is -1.34. The summed E-state index contributed by atoms with van der Waals surface area (Å²) in [5.74, 6) is -0.924. The van der Waals surface area contributed by atoms with E-state index in [1.807, 2.05) is 0 Å². The molecular formula is C14H24N2O5. The Morgan fingerprint density at radius 3 is 2.76 bits per heavy atom. The average Bonchev–Trinajstić information content (AvgIpc) is 2.42. The van der Waals surface area contributed by atoms with E-state index < -0.39 is 12.0 Å². The Balaban J connectivity index is 1.94. The molecule has 2 fully saturated rings. The zero-order valence-corrected chi connectivity index (χ0v) is 12.8. The van der Waals surface area contributed by atoms with Crippen molar-refractivity contribution in [2.75, 3.05) is 26.9 Å². The number of morpholine rings is 1. The number of ether oxygens (including phenoxy) is 2. The van der Waals surface area contributed by atoms with Gasteiger partial charge < -0.3 is 24.8 Å². The third kappa shape index (κ3) is 3.29. The lowest BCUT2D eigenvalue weighted by molar-refractivity contribution is -0.139. The lowest BCUT2D eigenvalue weighted by atomic mass is 9.64. The molecule has 1 heterocycles. The Morgan fingerprint density at radius 2 is 2.19 bits per heavy atom. The maximum absolute atomic E-state index is 12.4. The Bertz CT molecular complexity index is 412. The first-order valence-corrected chi connectivity index (χ1v) is 7.25. The van der Waals surface area contributed by atoms with Crippen LogP contribution in [0.4, 0.5) is 4.79 Å². The van der Waals surface area contributed by atoms with Crippen molar-refractivity contribution in [2.24, 2.45) is 5.41 Å². The number of nitrogens with zero attached hydrogens (tertiary/aromatic N) is 1. The molecule has 0 aromatic carbocycles. The molecule has 3 unspecified atom stereocenters. The predicted molar refractivity (Wildman–Crippen MR) is 75.1 cm³/mol. The van der Waals surface area contributed by atoms with Crippen molar-refractivity contribution in [2.45, 2.75) is 44.9 Å². The molecule has 0 aromatic rings. The topological polar surface area (TPSA) is 88.1 Å². The number of urea groups is 1. The maximum Gasteiger partial charge on any atom is 0.318 e. The van der Waals surface area contributed by atoms with Crippen LogP contribution in [0.25, 0.3) is 0 Å². The quantitative estimate of drug-likeness (QED) is 0.797. The predicted octanol–water partition coefficient (Wildman–Crippen LogP) is 0.685. The van der Waals surface area contributed by atoms with E-state index in [1.54, 1.807) is 12.0 Å². The van der Waals surface area contributed by atoms with Gasteiger partial charge in [0.25, 0.3) is 0 Å². The van der Waals surface area contributed by atoms with E-state index in [0.717, 1.165) is 6.42 Å². The summed E-state index contributed by atoms with van der Waals surface area (Å²) < 4.78 is 10.6. The number of nitrogens with one attached hydrogen (secondary N) is 1. The lowest BCUT2D eigenvalue weighted by Crippen LogP contribution is -2.65. The molecule has 2 rings (SSSR count). The molecule has 7 heteroatoms. The van der Waals surface area contributed by atoms with Crippen LogP contribution in [-0.2, 0) is 14.3 Å². The molecule has 3 atom stereocenters. The smallest absolute Gasteiger partial charge is 0.318 e. The van der Waals surface area contributed by atoms with Gasteiger partial charge >= 0.3 is 12.0 Å². The summed E-state index contributed by atoms with van der Waals surface area (Å²) in [6, 6.07) is -0.571. The number of hydrogen-bond acceptors (Lipinski definition) is 4. The van der Waals surface area contributed by atoms with Crippen molar-refractivity contribution in [1.29, 1.82) is 0 Å². The van der Waals surface area contributed by atoms with Crippen molar-refractivity contribution >= 4 is 12.0 Å². The van der Waals surface area contributed by atoms with Crippen molar-refractivity contribution in [3.63, 3.8) is 0 Å². The van der Waals surface area contributed by atoms with E-state index in [9.17, 15) is 9.59 Å².